The second kappa shape index (κ2) is 6.67. The Balaban J connectivity index is 1.76. The van der Waals surface area contributed by atoms with Gasteiger partial charge in [-0.25, -0.2) is 4.98 Å². The van der Waals surface area contributed by atoms with E-state index in [-0.39, 0.29) is 6.04 Å². The summed E-state index contributed by atoms with van der Waals surface area (Å²) in [5, 5.41) is 15.2. The lowest BCUT2D eigenvalue weighted by Crippen LogP contribution is -2.02. The molecule has 2 rings (SSSR count). The molecule has 4 N–H and O–H groups in total. The van der Waals surface area contributed by atoms with Crippen molar-refractivity contribution in [3.63, 3.8) is 0 Å². The molecular weight excluding hydrogens is 242 g/mol. The number of hydrogen-bond acceptors (Lipinski definition) is 5. The third-order valence-corrected chi connectivity index (χ3v) is 2.89. The second-order valence-electron chi connectivity index (χ2n) is 4.40. The average Bonchev–Trinajstić information content (AvgIpc) is 3.05. The minimum atomic E-state index is 0.224. The Morgan fingerprint density at radius 3 is 3.00 bits per heavy atom. The van der Waals surface area contributed by atoms with Crippen molar-refractivity contribution in [1.29, 1.82) is 0 Å². The zero-order valence-electron chi connectivity index (χ0n) is 11.0. The molecule has 0 fully saturated rings. The number of H-pyrrole nitrogens is 2. The smallest absolute Gasteiger partial charge is 0.246 e. The van der Waals surface area contributed by atoms with Crippen molar-refractivity contribution in [1.82, 2.24) is 20.2 Å². The third kappa shape index (κ3) is 4.20. The van der Waals surface area contributed by atoms with Crippen LogP contribution in [0.1, 0.15) is 31.9 Å². The third-order valence-electron chi connectivity index (χ3n) is 2.89. The van der Waals surface area contributed by atoms with Crippen LogP contribution in [0.5, 0.6) is 0 Å². The number of aromatic amines is 2. The highest BCUT2D eigenvalue weighted by atomic mass is 15.2. The first-order valence-corrected chi connectivity index (χ1v) is 6.48. The molecule has 0 bridgehead atoms. The normalized spacial score (nSPS) is 13.1. The maximum atomic E-state index is 5.58. The molecule has 0 saturated carbocycles. The van der Waals surface area contributed by atoms with E-state index in [4.69, 9.17) is 5.73 Å². The molecule has 0 radical (unpaired) electrons. The van der Waals surface area contributed by atoms with Crippen LogP contribution in [0.2, 0.25) is 0 Å². The summed E-state index contributed by atoms with van der Waals surface area (Å²) in [4.78, 5) is 6.91. The summed E-state index contributed by atoms with van der Waals surface area (Å²) in [6, 6.07) is 2.09. The van der Waals surface area contributed by atoms with Crippen LogP contribution in [-0.2, 0) is 6.42 Å². The number of aromatic nitrogens is 4. The standard InChI is InChI=1S/C12H19N7/c1-2-9(16-19-12-14-6-7-15-12)4-3-5-10-8-11(13)18-17-10/h6-9H,2-5H2,1H3,(H,14,15)(H3,13,17,18)/b19-16+/t9-/m0/s1. The Bertz CT molecular complexity index is 500. The fourth-order valence-corrected chi connectivity index (χ4v) is 1.82. The average molecular weight is 261 g/mol. The zero-order valence-corrected chi connectivity index (χ0v) is 11.0. The summed E-state index contributed by atoms with van der Waals surface area (Å²) in [5.41, 5.74) is 6.57. The summed E-state index contributed by atoms with van der Waals surface area (Å²) in [6.07, 6.45) is 7.26. The number of nitrogens with one attached hydrogen (secondary N) is 2. The predicted octanol–water partition coefficient (Wildman–Crippen LogP) is 2.60. The van der Waals surface area contributed by atoms with Crippen molar-refractivity contribution in [3.05, 3.63) is 24.2 Å². The van der Waals surface area contributed by atoms with Gasteiger partial charge in [0.2, 0.25) is 5.95 Å². The van der Waals surface area contributed by atoms with Crippen LogP contribution >= 0.6 is 0 Å². The Labute approximate surface area is 111 Å². The topological polar surface area (TPSA) is 108 Å². The molecule has 0 aliphatic rings. The molecule has 2 aromatic rings. The lowest BCUT2D eigenvalue weighted by Gasteiger charge is -2.06. The number of imidazole rings is 1. The van der Waals surface area contributed by atoms with Crippen LogP contribution < -0.4 is 5.73 Å². The van der Waals surface area contributed by atoms with E-state index in [9.17, 15) is 0 Å². The van der Waals surface area contributed by atoms with Crippen molar-refractivity contribution in [2.45, 2.75) is 38.6 Å². The van der Waals surface area contributed by atoms with Crippen LogP contribution in [0.4, 0.5) is 11.8 Å². The van der Waals surface area contributed by atoms with Gasteiger partial charge in [0.25, 0.3) is 0 Å². The summed E-state index contributed by atoms with van der Waals surface area (Å²) in [6.45, 7) is 2.11. The molecule has 102 valence electrons. The molecule has 0 aliphatic carbocycles. The van der Waals surface area contributed by atoms with E-state index in [0.717, 1.165) is 31.4 Å². The van der Waals surface area contributed by atoms with Crippen LogP contribution in [0, 0.1) is 0 Å². The van der Waals surface area contributed by atoms with E-state index >= 15 is 0 Å². The van der Waals surface area contributed by atoms with Gasteiger partial charge in [-0.05, 0) is 25.7 Å². The van der Waals surface area contributed by atoms with Crippen LogP contribution in [-0.4, -0.2) is 26.2 Å². The van der Waals surface area contributed by atoms with Gasteiger partial charge in [-0.3, -0.25) is 5.10 Å². The molecule has 0 unspecified atom stereocenters. The Morgan fingerprint density at radius 1 is 1.47 bits per heavy atom. The van der Waals surface area contributed by atoms with Gasteiger partial charge in [0.05, 0.1) is 11.7 Å². The minimum Gasteiger partial charge on any atom is -0.384 e. The lowest BCUT2D eigenvalue weighted by molar-refractivity contribution is 0.547. The van der Waals surface area contributed by atoms with Crippen molar-refractivity contribution in [3.8, 4) is 0 Å². The molecule has 2 heterocycles. The Morgan fingerprint density at radius 2 is 2.37 bits per heavy atom. The first-order valence-electron chi connectivity index (χ1n) is 6.48. The number of hydrogen-bond donors (Lipinski definition) is 3. The molecule has 7 nitrogen and oxygen atoms in total. The van der Waals surface area contributed by atoms with Gasteiger partial charge < -0.3 is 10.7 Å². The van der Waals surface area contributed by atoms with E-state index in [1.54, 1.807) is 12.4 Å². The van der Waals surface area contributed by atoms with Crippen LogP contribution in [0.25, 0.3) is 0 Å². The van der Waals surface area contributed by atoms with Gasteiger partial charge in [0, 0.05) is 18.5 Å². The fourth-order valence-electron chi connectivity index (χ4n) is 1.82. The molecule has 19 heavy (non-hydrogen) atoms. The van der Waals surface area contributed by atoms with Gasteiger partial charge in [0.15, 0.2) is 0 Å². The van der Waals surface area contributed by atoms with E-state index < -0.39 is 0 Å². The molecule has 0 saturated heterocycles. The summed E-state index contributed by atoms with van der Waals surface area (Å²) in [7, 11) is 0. The number of nitrogens with zero attached hydrogens (tertiary/aromatic N) is 4. The highest BCUT2D eigenvalue weighted by Gasteiger charge is 2.06. The highest BCUT2D eigenvalue weighted by Crippen LogP contribution is 2.13. The van der Waals surface area contributed by atoms with E-state index in [1.807, 2.05) is 6.07 Å². The van der Waals surface area contributed by atoms with Crippen molar-refractivity contribution < 1.29 is 0 Å². The van der Waals surface area contributed by atoms with Crippen LogP contribution in [0.3, 0.4) is 0 Å². The first kappa shape index (κ1) is 13.3. The maximum Gasteiger partial charge on any atom is 0.246 e. The quantitative estimate of drug-likeness (QED) is 0.666. The SMILES string of the molecule is CC[C@@H](CCCc1cc(N)[nH]n1)/N=N/c1ncc[nH]1. The van der Waals surface area contributed by atoms with Crippen LogP contribution in [0.15, 0.2) is 28.7 Å². The fraction of sp³-hybridized carbons (Fsp3) is 0.500. The van der Waals surface area contributed by atoms with E-state index in [2.05, 4.69) is 37.3 Å². The first-order chi connectivity index (χ1) is 9.28. The maximum absolute atomic E-state index is 5.58. The molecule has 1 atom stereocenters. The molecule has 2 aromatic heterocycles. The summed E-state index contributed by atoms with van der Waals surface area (Å²) >= 11 is 0. The van der Waals surface area contributed by atoms with Gasteiger partial charge in [0.1, 0.15) is 5.82 Å². The molecular formula is C12H19N7. The Kier molecular flexibility index (Phi) is 4.66. The number of aryl methyl sites for hydroxylation is 1. The summed E-state index contributed by atoms with van der Waals surface area (Å²) < 4.78 is 0. The minimum absolute atomic E-state index is 0.224. The predicted molar refractivity (Wildman–Crippen MR) is 73.1 cm³/mol. The summed E-state index contributed by atoms with van der Waals surface area (Å²) in [5.74, 6) is 1.16. The van der Waals surface area contributed by atoms with Gasteiger partial charge in [-0.1, -0.05) is 6.92 Å². The monoisotopic (exact) mass is 261 g/mol. The van der Waals surface area contributed by atoms with Crippen molar-refractivity contribution in [2.24, 2.45) is 10.2 Å². The lowest BCUT2D eigenvalue weighted by atomic mass is 10.1. The van der Waals surface area contributed by atoms with E-state index in [0.29, 0.717) is 11.8 Å². The number of nitrogens with two attached hydrogens (primary N) is 1. The van der Waals surface area contributed by atoms with E-state index in [1.165, 1.54) is 0 Å². The molecule has 0 spiro atoms. The number of rotatable bonds is 7. The van der Waals surface area contributed by atoms with Gasteiger partial charge in [-0.15, -0.1) is 5.11 Å². The molecule has 7 heteroatoms. The highest BCUT2D eigenvalue weighted by molar-refractivity contribution is 5.28. The second-order valence-corrected chi connectivity index (χ2v) is 4.40. The van der Waals surface area contributed by atoms with Crippen molar-refractivity contribution in [2.75, 3.05) is 5.73 Å². The molecule has 0 aromatic carbocycles. The molecule has 0 amide bonds. The number of azo groups is 1. The Hall–Kier alpha value is -2.18. The zero-order chi connectivity index (χ0) is 13.5. The largest absolute Gasteiger partial charge is 0.384 e. The number of nitrogen functional groups attached to an aromatic ring is 1. The van der Waals surface area contributed by atoms with Gasteiger partial charge >= 0.3 is 0 Å². The van der Waals surface area contributed by atoms with Gasteiger partial charge in [-0.2, -0.15) is 10.2 Å². The van der Waals surface area contributed by atoms with Crippen molar-refractivity contribution >= 4 is 11.8 Å². The number of anilines is 1. The molecule has 0 aliphatic heterocycles.